The van der Waals surface area contributed by atoms with Gasteiger partial charge in [0.1, 0.15) is 5.69 Å². The molecule has 1 amide bonds. The van der Waals surface area contributed by atoms with Gasteiger partial charge in [-0.3, -0.25) is 14.6 Å². The first kappa shape index (κ1) is 19.6. The van der Waals surface area contributed by atoms with Gasteiger partial charge in [0.2, 0.25) is 0 Å². The van der Waals surface area contributed by atoms with Crippen molar-refractivity contribution in [2.45, 2.75) is 66.0 Å². The predicted octanol–water partition coefficient (Wildman–Crippen LogP) is 2.90. The molecular formula is C20H32N6O. The van der Waals surface area contributed by atoms with Crippen molar-refractivity contribution in [1.82, 2.24) is 30.2 Å². The SMILES string of the molecule is CCn1nc(C)c(-c2cc(C(=O)N[C@@H](C)CN3CCCCCC3)[nH]n2)c1C. The van der Waals surface area contributed by atoms with E-state index in [1.54, 1.807) is 0 Å². The Morgan fingerprint density at radius 3 is 2.59 bits per heavy atom. The van der Waals surface area contributed by atoms with Gasteiger partial charge < -0.3 is 10.2 Å². The van der Waals surface area contributed by atoms with E-state index < -0.39 is 0 Å². The highest BCUT2D eigenvalue weighted by Crippen LogP contribution is 2.25. The van der Waals surface area contributed by atoms with Crippen molar-refractivity contribution < 1.29 is 4.79 Å². The molecule has 1 aliphatic rings. The van der Waals surface area contributed by atoms with Crippen LogP contribution in [-0.4, -0.2) is 56.5 Å². The maximum absolute atomic E-state index is 12.6. The third-order valence-electron chi connectivity index (χ3n) is 5.37. The fourth-order valence-electron chi connectivity index (χ4n) is 3.99. The maximum atomic E-state index is 12.6. The third-order valence-corrected chi connectivity index (χ3v) is 5.37. The van der Waals surface area contributed by atoms with Crippen molar-refractivity contribution in [1.29, 1.82) is 0 Å². The summed E-state index contributed by atoms with van der Waals surface area (Å²) < 4.78 is 1.96. The number of H-pyrrole nitrogens is 1. The van der Waals surface area contributed by atoms with E-state index in [0.717, 1.165) is 48.8 Å². The lowest BCUT2D eigenvalue weighted by Gasteiger charge is -2.24. The summed E-state index contributed by atoms with van der Waals surface area (Å²) in [5.41, 5.74) is 4.28. The summed E-state index contributed by atoms with van der Waals surface area (Å²) >= 11 is 0. The largest absolute Gasteiger partial charge is 0.347 e. The molecule has 3 rings (SSSR count). The number of carbonyl (C=O) groups is 1. The van der Waals surface area contributed by atoms with Crippen LogP contribution in [0, 0.1) is 13.8 Å². The third kappa shape index (κ3) is 4.58. The molecule has 1 atom stereocenters. The molecule has 0 aromatic carbocycles. The van der Waals surface area contributed by atoms with Gasteiger partial charge >= 0.3 is 0 Å². The average Bonchev–Trinajstić information content (AvgIpc) is 3.11. The molecular weight excluding hydrogens is 340 g/mol. The second-order valence-corrected chi connectivity index (χ2v) is 7.62. The lowest BCUT2D eigenvalue weighted by atomic mass is 10.1. The number of aromatic amines is 1. The first-order valence-electron chi connectivity index (χ1n) is 10.1. The summed E-state index contributed by atoms with van der Waals surface area (Å²) in [5.74, 6) is -0.103. The zero-order valence-electron chi connectivity index (χ0n) is 17.0. The minimum Gasteiger partial charge on any atom is -0.347 e. The molecule has 0 aliphatic carbocycles. The van der Waals surface area contributed by atoms with E-state index in [-0.39, 0.29) is 11.9 Å². The first-order valence-corrected chi connectivity index (χ1v) is 10.1. The summed E-state index contributed by atoms with van der Waals surface area (Å²) in [5, 5.41) is 14.9. The molecule has 1 fully saturated rings. The van der Waals surface area contributed by atoms with Crippen LogP contribution in [0.25, 0.3) is 11.3 Å². The van der Waals surface area contributed by atoms with Gasteiger partial charge in [-0.15, -0.1) is 0 Å². The van der Waals surface area contributed by atoms with Crippen LogP contribution in [0.4, 0.5) is 0 Å². The minimum absolute atomic E-state index is 0.103. The van der Waals surface area contributed by atoms with Crippen LogP contribution in [0.5, 0.6) is 0 Å². The van der Waals surface area contributed by atoms with Gasteiger partial charge in [-0.1, -0.05) is 12.8 Å². The van der Waals surface area contributed by atoms with E-state index in [9.17, 15) is 4.79 Å². The van der Waals surface area contributed by atoms with Crippen molar-refractivity contribution >= 4 is 5.91 Å². The quantitative estimate of drug-likeness (QED) is 0.817. The van der Waals surface area contributed by atoms with E-state index in [2.05, 4.69) is 39.4 Å². The Hall–Kier alpha value is -2.15. The number of likely N-dealkylation sites (tertiary alicyclic amines) is 1. The molecule has 2 aromatic rings. The fourth-order valence-corrected chi connectivity index (χ4v) is 3.99. The molecule has 3 heterocycles. The number of carbonyl (C=O) groups excluding carboxylic acids is 1. The number of nitrogens with one attached hydrogen (secondary N) is 2. The molecule has 0 radical (unpaired) electrons. The van der Waals surface area contributed by atoms with Crippen LogP contribution in [-0.2, 0) is 6.54 Å². The predicted molar refractivity (Wildman–Crippen MR) is 107 cm³/mol. The van der Waals surface area contributed by atoms with Crippen LogP contribution in [0.1, 0.15) is 61.4 Å². The molecule has 0 spiro atoms. The highest BCUT2D eigenvalue weighted by molar-refractivity contribution is 5.93. The summed E-state index contributed by atoms with van der Waals surface area (Å²) in [7, 11) is 0. The fraction of sp³-hybridized carbons (Fsp3) is 0.650. The van der Waals surface area contributed by atoms with Gasteiger partial charge in [-0.25, -0.2) is 0 Å². The Labute approximate surface area is 161 Å². The number of rotatable bonds is 6. The zero-order chi connectivity index (χ0) is 19.4. The highest BCUT2D eigenvalue weighted by Gasteiger charge is 2.19. The molecule has 2 N–H and O–H groups in total. The van der Waals surface area contributed by atoms with Crippen molar-refractivity contribution in [2.24, 2.45) is 0 Å². The molecule has 7 nitrogen and oxygen atoms in total. The minimum atomic E-state index is -0.103. The van der Waals surface area contributed by atoms with Crippen molar-refractivity contribution in [3.8, 4) is 11.3 Å². The molecule has 0 saturated carbocycles. The number of aromatic nitrogens is 4. The van der Waals surface area contributed by atoms with Gasteiger partial charge in [0, 0.05) is 30.4 Å². The Kier molecular flexibility index (Phi) is 6.31. The van der Waals surface area contributed by atoms with Crippen molar-refractivity contribution in [2.75, 3.05) is 19.6 Å². The van der Waals surface area contributed by atoms with Crippen LogP contribution in [0.3, 0.4) is 0 Å². The van der Waals surface area contributed by atoms with Crippen LogP contribution in [0.2, 0.25) is 0 Å². The summed E-state index contributed by atoms with van der Waals surface area (Å²) in [6.07, 6.45) is 5.16. The topological polar surface area (TPSA) is 78.8 Å². The van der Waals surface area contributed by atoms with Gasteiger partial charge in [0.15, 0.2) is 0 Å². The number of amides is 1. The van der Waals surface area contributed by atoms with E-state index in [1.165, 1.54) is 25.7 Å². The lowest BCUT2D eigenvalue weighted by Crippen LogP contribution is -2.42. The average molecular weight is 373 g/mol. The molecule has 1 saturated heterocycles. The first-order chi connectivity index (χ1) is 13.0. The normalized spacial score (nSPS) is 16.9. The van der Waals surface area contributed by atoms with Crippen molar-refractivity contribution in [3.63, 3.8) is 0 Å². The molecule has 1 aliphatic heterocycles. The maximum Gasteiger partial charge on any atom is 0.269 e. The smallest absolute Gasteiger partial charge is 0.269 e. The molecule has 2 aromatic heterocycles. The summed E-state index contributed by atoms with van der Waals surface area (Å²) in [4.78, 5) is 15.1. The summed E-state index contributed by atoms with van der Waals surface area (Å²) in [6, 6.07) is 1.93. The van der Waals surface area contributed by atoms with E-state index in [4.69, 9.17) is 0 Å². The van der Waals surface area contributed by atoms with Gasteiger partial charge in [-0.05, 0) is 59.7 Å². The molecule has 0 bridgehead atoms. The molecule has 148 valence electrons. The number of hydrogen-bond acceptors (Lipinski definition) is 4. The zero-order valence-corrected chi connectivity index (χ0v) is 17.0. The van der Waals surface area contributed by atoms with E-state index in [0.29, 0.717) is 5.69 Å². The Bertz CT molecular complexity index is 770. The van der Waals surface area contributed by atoms with Gasteiger partial charge in [0.05, 0.1) is 11.4 Å². The Morgan fingerprint density at radius 1 is 1.26 bits per heavy atom. The van der Waals surface area contributed by atoms with Gasteiger partial charge in [-0.2, -0.15) is 10.2 Å². The molecule has 0 unspecified atom stereocenters. The van der Waals surface area contributed by atoms with Gasteiger partial charge in [0.25, 0.3) is 5.91 Å². The number of aryl methyl sites for hydroxylation is 2. The second kappa shape index (κ2) is 8.69. The standard InChI is InChI=1S/C20H32N6O/c1-5-26-16(4)19(15(3)24-26)17-12-18(23-22-17)20(27)21-14(2)13-25-10-8-6-7-9-11-25/h12,14H,5-11,13H2,1-4H3,(H,21,27)(H,22,23)/t14-/m0/s1. The van der Waals surface area contributed by atoms with E-state index >= 15 is 0 Å². The Balaban J connectivity index is 1.64. The lowest BCUT2D eigenvalue weighted by molar-refractivity contribution is 0.0924. The van der Waals surface area contributed by atoms with Crippen LogP contribution >= 0.6 is 0 Å². The highest BCUT2D eigenvalue weighted by atomic mass is 16.2. The van der Waals surface area contributed by atoms with E-state index in [1.807, 2.05) is 24.6 Å². The Morgan fingerprint density at radius 2 is 1.96 bits per heavy atom. The van der Waals surface area contributed by atoms with Crippen molar-refractivity contribution in [3.05, 3.63) is 23.1 Å². The van der Waals surface area contributed by atoms with Crippen LogP contribution < -0.4 is 5.32 Å². The second-order valence-electron chi connectivity index (χ2n) is 7.62. The summed E-state index contributed by atoms with van der Waals surface area (Å²) in [6.45, 7) is 12.1. The number of nitrogens with zero attached hydrogens (tertiary/aromatic N) is 4. The molecule has 27 heavy (non-hydrogen) atoms. The van der Waals surface area contributed by atoms with Crippen LogP contribution in [0.15, 0.2) is 6.07 Å². The number of hydrogen-bond donors (Lipinski definition) is 2. The monoisotopic (exact) mass is 372 g/mol. The molecule has 7 heteroatoms.